The van der Waals surface area contributed by atoms with Crippen LogP contribution in [0.4, 0.5) is 0 Å². The number of nitrogens with zero attached hydrogens (tertiary/aromatic N) is 1. The summed E-state index contributed by atoms with van der Waals surface area (Å²) in [6.45, 7) is 7.26. The van der Waals surface area contributed by atoms with E-state index in [1.807, 2.05) is 0 Å². The number of aliphatic hydroxyl groups is 1. The lowest BCUT2D eigenvalue weighted by Gasteiger charge is -2.36. The molecule has 1 heterocycles. The Kier molecular flexibility index (Phi) is 4.74. The fourth-order valence-electron chi connectivity index (χ4n) is 2.25. The molecule has 2 atom stereocenters. The Morgan fingerprint density at radius 2 is 2.31 bits per heavy atom. The maximum atomic E-state index is 9.09. The molecule has 1 N–H and O–H groups in total. The summed E-state index contributed by atoms with van der Waals surface area (Å²) in [6.07, 6.45) is 5.03. The van der Waals surface area contributed by atoms with Gasteiger partial charge in [-0.25, -0.2) is 0 Å². The topological polar surface area (TPSA) is 23.5 Å². The van der Waals surface area contributed by atoms with Gasteiger partial charge in [-0.2, -0.15) is 0 Å². The van der Waals surface area contributed by atoms with E-state index >= 15 is 0 Å². The molecule has 0 saturated carbocycles. The summed E-state index contributed by atoms with van der Waals surface area (Å²) in [7, 11) is 0. The van der Waals surface area contributed by atoms with Gasteiger partial charge >= 0.3 is 0 Å². The Morgan fingerprint density at radius 1 is 1.54 bits per heavy atom. The van der Waals surface area contributed by atoms with Crippen molar-refractivity contribution in [2.75, 3.05) is 19.7 Å². The van der Waals surface area contributed by atoms with Gasteiger partial charge < -0.3 is 10.0 Å². The largest absolute Gasteiger partial charge is 0.396 e. The van der Waals surface area contributed by atoms with Crippen LogP contribution in [0.1, 0.15) is 39.5 Å². The summed E-state index contributed by atoms with van der Waals surface area (Å²) < 4.78 is 0. The van der Waals surface area contributed by atoms with Gasteiger partial charge in [0.05, 0.1) is 0 Å². The fraction of sp³-hybridized carbons (Fsp3) is 1.00. The number of rotatable bonds is 4. The first kappa shape index (κ1) is 11.0. The standard InChI is InChI=1S/C11H23NO/c1-3-5-10(2)12-7-4-6-11(8-12)9-13/h10-11,13H,3-9H2,1-2H3. The summed E-state index contributed by atoms with van der Waals surface area (Å²) in [6, 6.07) is 0.708. The molecule has 0 aromatic carbocycles. The van der Waals surface area contributed by atoms with Crippen LogP contribution in [-0.4, -0.2) is 35.7 Å². The molecule has 78 valence electrons. The van der Waals surface area contributed by atoms with E-state index in [4.69, 9.17) is 5.11 Å². The summed E-state index contributed by atoms with van der Waals surface area (Å²) in [4.78, 5) is 2.54. The van der Waals surface area contributed by atoms with Gasteiger partial charge in [0, 0.05) is 19.2 Å². The van der Waals surface area contributed by atoms with Gasteiger partial charge in [0.2, 0.25) is 0 Å². The molecule has 1 saturated heterocycles. The number of hydrogen-bond acceptors (Lipinski definition) is 2. The minimum Gasteiger partial charge on any atom is -0.396 e. The zero-order chi connectivity index (χ0) is 9.68. The predicted molar refractivity (Wildman–Crippen MR) is 55.8 cm³/mol. The monoisotopic (exact) mass is 185 g/mol. The summed E-state index contributed by atoms with van der Waals surface area (Å²) in [5.74, 6) is 0.535. The number of aliphatic hydroxyl groups excluding tert-OH is 1. The molecular formula is C11H23NO. The molecule has 1 fully saturated rings. The molecule has 1 aliphatic rings. The molecule has 2 heteroatoms. The molecule has 0 radical (unpaired) electrons. The number of hydrogen-bond donors (Lipinski definition) is 1. The minimum absolute atomic E-state index is 0.370. The van der Waals surface area contributed by atoms with E-state index in [1.165, 1.54) is 32.2 Å². The Hall–Kier alpha value is -0.0800. The third-order valence-electron chi connectivity index (χ3n) is 3.14. The smallest absolute Gasteiger partial charge is 0.0471 e. The zero-order valence-corrected chi connectivity index (χ0v) is 9.00. The van der Waals surface area contributed by atoms with E-state index in [-0.39, 0.29) is 0 Å². The second-order valence-electron chi connectivity index (χ2n) is 4.32. The first-order valence-corrected chi connectivity index (χ1v) is 5.62. The molecule has 2 nitrogen and oxygen atoms in total. The normalized spacial score (nSPS) is 27.5. The van der Waals surface area contributed by atoms with Crippen LogP contribution in [0, 0.1) is 5.92 Å². The summed E-state index contributed by atoms with van der Waals surface area (Å²) in [5.41, 5.74) is 0. The van der Waals surface area contributed by atoms with Crippen LogP contribution in [-0.2, 0) is 0 Å². The molecule has 0 aliphatic carbocycles. The van der Waals surface area contributed by atoms with Crippen molar-refractivity contribution in [2.24, 2.45) is 5.92 Å². The predicted octanol–water partition coefficient (Wildman–Crippen LogP) is 1.88. The fourth-order valence-corrected chi connectivity index (χ4v) is 2.25. The highest BCUT2D eigenvalue weighted by Crippen LogP contribution is 2.19. The molecule has 13 heavy (non-hydrogen) atoms. The highest BCUT2D eigenvalue weighted by Gasteiger charge is 2.22. The van der Waals surface area contributed by atoms with Crippen LogP contribution in [0.15, 0.2) is 0 Å². The van der Waals surface area contributed by atoms with Crippen molar-refractivity contribution in [1.29, 1.82) is 0 Å². The van der Waals surface area contributed by atoms with Crippen LogP contribution >= 0.6 is 0 Å². The molecular weight excluding hydrogens is 162 g/mol. The Bertz CT molecular complexity index is 138. The van der Waals surface area contributed by atoms with Gasteiger partial charge in [0.1, 0.15) is 0 Å². The van der Waals surface area contributed by atoms with Crippen molar-refractivity contribution < 1.29 is 5.11 Å². The molecule has 0 amide bonds. The van der Waals surface area contributed by atoms with Crippen molar-refractivity contribution in [3.8, 4) is 0 Å². The Morgan fingerprint density at radius 3 is 2.92 bits per heavy atom. The van der Waals surface area contributed by atoms with Gasteiger partial charge in [-0.05, 0) is 38.6 Å². The minimum atomic E-state index is 0.370. The molecule has 0 aromatic rings. The van der Waals surface area contributed by atoms with E-state index in [9.17, 15) is 0 Å². The van der Waals surface area contributed by atoms with Crippen molar-refractivity contribution in [1.82, 2.24) is 4.90 Å². The second kappa shape index (κ2) is 5.61. The van der Waals surface area contributed by atoms with E-state index in [0.29, 0.717) is 18.6 Å². The molecule has 0 aromatic heterocycles. The third-order valence-corrected chi connectivity index (χ3v) is 3.14. The van der Waals surface area contributed by atoms with E-state index in [1.54, 1.807) is 0 Å². The van der Waals surface area contributed by atoms with Crippen molar-refractivity contribution >= 4 is 0 Å². The first-order chi connectivity index (χ1) is 6.27. The maximum absolute atomic E-state index is 9.09. The van der Waals surface area contributed by atoms with Crippen LogP contribution in [0.5, 0.6) is 0 Å². The van der Waals surface area contributed by atoms with Gasteiger partial charge in [-0.3, -0.25) is 0 Å². The van der Waals surface area contributed by atoms with Crippen LogP contribution in [0.25, 0.3) is 0 Å². The van der Waals surface area contributed by atoms with Gasteiger partial charge in [0.15, 0.2) is 0 Å². The van der Waals surface area contributed by atoms with Crippen LogP contribution in [0.3, 0.4) is 0 Å². The highest BCUT2D eigenvalue weighted by molar-refractivity contribution is 4.76. The number of likely N-dealkylation sites (tertiary alicyclic amines) is 1. The quantitative estimate of drug-likeness (QED) is 0.723. The lowest BCUT2D eigenvalue weighted by Crippen LogP contribution is -2.42. The molecule has 0 spiro atoms. The highest BCUT2D eigenvalue weighted by atomic mass is 16.3. The van der Waals surface area contributed by atoms with E-state index in [2.05, 4.69) is 18.7 Å². The van der Waals surface area contributed by atoms with Crippen molar-refractivity contribution in [3.05, 3.63) is 0 Å². The molecule has 1 aliphatic heterocycles. The van der Waals surface area contributed by atoms with Gasteiger partial charge in [-0.15, -0.1) is 0 Å². The van der Waals surface area contributed by atoms with Crippen molar-refractivity contribution in [3.63, 3.8) is 0 Å². The summed E-state index contributed by atoms with van der Waals surface area (Å²) >= 11 is 0. The third kappa shape index (κ3) is 3.28. The number of piperidine rings is 1. The second-order valence-corrected chi connectivity index (χ2v) is 4.32. The lowest BCUT2D eigenvalue weighted by molar-refractivity contribution is 0.0903. The van der Waals surface area contributed by atoms with Gasteiger partial charge in [-0.1, -0.05) is 13.3 Å². The summed E-state index contributed by atoms with van der Waals surface area (Å²) in [5, 5.41) is 9.09. The molecule has 1 rings (SSSR count). The average Bonchev–Trinajstić information content (AvgIpc) is 2.18. The zero-order valence-electron chi connectivity index (χ0n) is 9.00. The van der Waals surface area contributed by atoms with Gasteiger partial charge in [0.25, 0.3) is 0 Å². The first-order valence-electron chi connectivity index (χ1n) is 5.62. The maximum Gasteiger partial charge on any atom is 0.0471 e. The van der Waals surface area contributed by atoms with Crippen LogP contribution in [0.2, 0.25) is 0 Å². The van der Waals surface area contributed by atoms with Crippen LogP contribution < -0.4 is 0 Å². The lowest BCUT2D eigenvalue weighted by atomic mass is 9.97. The molecule has 0 bridgehead atoms. The van der Waals surface area contributed by atoms with Crippen molar-refractivity contribution in [2.45, 2.75) is 45.6 Å². The van der Waals surface area contributed by atoms with E-state index in [0.717, 1.165) is 6.54 Å². The SMILES string of the molecule is CCCC(C)N1CCCC(CO)C1. The Balaban J connectivity index is 2.32. The van der Waals surface area contributed by atoms with E-state index < -0.39 is 0 Å². The molecule has 2 unspecified atom stereocenters. The Labute approximate surface area is 81.9 Å². The average molecular weight is 185 g/mol.